The Hall–Kier alpha value is -2.67. The Bertz CT molecular complexity index is 1100. The molecule has 0 radical (unpaired) electrons. The minimum atomic E-state index is -0.531. The second kappa shape index (κ2) is 8.83. The number of piperidine rings is 1. The van der Waals surface area contributed by atoms with Crippen LogP contribution >= 0.6 is 11.3 Å². The molecule has 0 aliphatic carbocycles. The number of hydrogen-bond acceptors (Lipinski definition) is 4. The molecule has 3 heterocycles. The minimum Gasteiger partial charge on any atom is -0.338 e. The van der Waals surface area contributed by atoms with E-state index in [4.69, 9.17) is 4.98 Å². The number of likely N-dealkylation sites (tertiary alicyclic amines) is 1. The van der Waals surface area contributed by atoms with E-state index in [9.17, 15) is 13.6 Å². The summed E-state index contributed by atoms with van der Waals surface area (Å²) in [5.74, 6) is -0.792. The van der Waals surface area contributed by atoms with Crippen LogP contribution in [0.2, 0.25) is 0 Å². The minimum absolute atomic E-state index is 0.0504. The summed E-state index contributed by atoms with van der Waals surface area (Å²) in [6.07, 6.45) is 1.81. The summed E-state index contributed by atoms with van der Waals surface area (Å²) >= 11 is 1.44. The number of amides is 1. The lowest BCUT2D eigenvalue weighted by atomic mass is 9.91. The number of thiazole rings is 1. The number of carbonyl (C=O) groups excluding carboxylic acids is 1. The number of nitrogens with zero attached hydrogens (tertiary/aromatic N) is 3. The number of carbonyl (C=O) groups is 1. The Morgan fingerprint density at radius 2 is 1.77 bits per heavy atom. The molecule has 1 aromatic carbocycles. The van der Waals surface area contributed by atoms with Crippen LogP contribution in [0.3, 0.4) is 0 Å². The molecule has 1 saturated heterocycles. The maximum atomic E-state index is 14.1. The van der Waals surface area contributed by atoms with E-state index < -0.39 is 11.6 Å². The van der Waals surface area contributed by atoms with E-state index in [1.165, 1.54) is 29.5 Å². The molecule has 1 aliphatic heterocycles. The van der Waals surface area contributed by atoms with Crippen molar-refractivity contribution in [1.82, 2.24) is 14.9 Å². The summed E-state index contributed by atoms with van der Waals surface area (Å²) in [7, 11) is 0. The maximum absolute atomic E-state index is 14.1. The molecule has 4 nitrogen and oxygen atoms in total. The number of rotatable bonds is 4. The summed E-state index contributed by atoms with van der Waals surface area (Å²) in [5.41, 5.74) is 3.48. The second-order valence-electron chi connectivity index (χ2n) is 8.13. The van der Waals surface area contributed by atoms with Gasteiger partial charge in [-0.25, -0.2) is 13.8 Å². The fourth-order valence-electron chi connectivity index (χ4n) is 4.24. The van der Waals surface area contributed by atoms with E-state index >= 15 is 0 Å². The van der Waals surface area contributed by atoms with Gasteiger partial charge in [0, 0.05) is 42.4 Å². The van der Waals surface area contributed by atoms with Crippen LogP contribution in [0.5, 0.6) is 0 Å². The van der Waals surface area contributed by atoms with Crippen molar-refractivity contribution in [3.05, 3.63) is 80.1 Å². The highest BCUT2D eigenvalue weighted by atomic mass is 32.1. The maximum Gasteiger partial charge on any atom is 0.265 e. The molecule has 1 aliphatic rings. The summed E-state index contributed by atoms with van der Waals surface area (Å²) < 4.78 is 28.2. The molecular weight excluding hydrogens is 416 g/mol. The molecule has 0 saturated carbocycles. The lowest BCUT2D eigenvalue weighted by Gasteiger charge is -2.32. The average Bonchev–Trinajstić information content (AvgIpc) is 3.08. The number of pyridine rings is 1. The number of halogens is 2. The lowest BCUT2D eigenvalue weighted by molar-refractivity contribution is 0.0716. The van der Waals surface area contributed by atoms with Gasteiger partial charge in [0.2, 0.25) is 0 Å². The van der Waals surface area contributed by atoms with Gasteiger partial charge in [-0.2, -0.15) is 0 Å². The van der Waals surface area contributed by atoms with E-state index in [0.717, 1.165) is 45.4 Å². The first-order chi connectivity index (χ1) is 14.8. The van der Waals surface area contributed by atoms with Crippen molar-refractivity contribution in [3.8, 4) is 0 Å². The van der Waals surface area contributed by atoms with Crippen LogP contribution in [0, 0.1) is 32.4 Å². The first kappa shape index (κ1) is 21.6. The zero-order valence-corrected chi connectivity index (χ0v) is 18.7. The van der Waals surface area contributed by atoms with Gasteiger partial charge >= 0.3 is 0 Å². The van der Waals surface area contributed by atoms with Gasteiger partial charge in [-0.15, -0.1) is 11.3 Å². The van der Waals surface area contributed by atoms with Crippen LogP contribution in [0.15, 0.2) is 30.3 Å². The number of benzene rings is 1. The third kappa shape index (κ3) is 4.66. The fourth-order valence-corrected chi connectivity index (χ4v) is 5.12. The van der Waals surface area contributed by atoms with Gasteiger partial charge in [0.25, 0.3) is 5.91 Å². The van der Waals surface area contributed by atoms with Crippen molar-refractivity contribution in [2.75, 3.05) is 13.1 Å². The molecule has 0 N–H and O–H groups in total. The van der Waals surface area contributed by atoms with E-state index in [0.29, 0.717) is 13.1 Å². The second-order valence-corrected chi connectivity index (χ2v) is 9.34. The quantitative estimate of drug-likeness (QED) is 0.548. The van der Waals surface area contributed by atoms with Crippen molar-refractivity contribution in [1.29, 1.82) is 0 Å². The SMILES string of the molecule is Cc1cc(Cc2c(F)cccc2F)cc(C2CCN(C(=O)c3sc(C)nc3C)CC2)n1. The van der Waals surface area contributed by atoms with E-state index in [1.54, 1.807) is 0 Å². The van der Waals surface area contributed by atoms with Gasteiger partial charge < -0.3 is 4.90 Å². The monoisotopic (exact) mass is 441 g/mol. The number of hydrogen-bond donors (Lipinski definition) is 0. The van der Waals surface area contributed by atoms with Crippen LogP contribution < -0.4 is 0 Å². The van der Waals surface area contributed by atoms with E-state index in [1.807, 2.05) is 37.8 Å². The third-order valence-electron chi connectivity index (χ3n) is 5.77. The molecule has 31 heavy (non-hydrogen) atoms. The zero-order chi connectivity index (χ0) is 22.1. The van der Waals surface area contributed by atoms with Gasteiger partial charge in [-0.1, -0.05) is 6.07 Å². The Kier molecular flexibility index (Phi) is 6.14. The summed E-state index contributed by atoms with van der Waals surface area (Å²) in [6.45, 7) is 7.01. The summed E-state index contributed by atoms with van der Waals surface area (Å²) in [4.78, 5) is 24.5. The number of aromatic nitrogens is 2. The molecule has 0 atom stereocenters. The normalized spacial score (nSPS) is 14.8. The van der Waals surface area contributed by atoms with Crippen molar-refractivity contribution < 1.29 is 13.6 Å². The topological polar surface area (TPSA) is 46.1 Å². The Labute approximate surface area is 185 Å². The molecule has 0 bridgehead atoms. The predicted molar refractivity (Wildman–Crippen MR) is 118 cm³/mol. The Morgan fingerprint density at radius 3 is 2.39 bits per heavy atom. The fraction of sp³-hybridized carbons (Fsp3) is 0.375. The molecule has 3 aromatic rings. The number of aryl methyl sites for hydroxylation is 3. The van der Waals surface area contributed by atoms with Crippen molar-refractivity contribution in [2.24, 2.45) is 0 Å². The first-order valence-electron chi connectivity index (χ1n) is 10.5. The molecule has 0 spiro atoms. The van der Waals surface area contributed by atoms with E-state index in [2.05, 4.69) is 4.98 Å². The molecular formula is C24H25F2N3OS. The van der Waals surface area contributed by atoms with Crippen LogP contribution in [0.1, 0.15) is 61.6 Å². The lowest BCUT2D eigenvalue weighted by Crippen LogP contribution is -2.38. The molecule has 2 aromatic heterocycles. The standard InChI is InChI=1S/C24H25F2N3OS/c1-14-11-17(12-19-20(25)5-4-6-21(19)26)13-22(27-14)18-7-9-29(10-8-18)24(30)23-15(2)28-16(3)31-23/h4-6,11,13,18H,7-10,12H2,1-3H3. The predicted octanol–water partition coefficient (Wildman–Crippen LogP) is 5.35. The van der Waals surface area contributed by atoms with Gasteiger partial charge in [-0.05, 0) is 63.4 Å². The van der Waals surface area contributed by atoms with E-state index in [-0.39, 0.29) is 23.8 Å². The molecule has 1 amide bonds. The van der Waals surface area contributed by atoms with Gasteiger partial charge in [0.05, 0.1) is 10.7 Å². The molecule has 1 fully saturated rings. The van der Waals surface area contributed by atoms with Crippen LogP contribution in [-0.4, -0.2) is 33.9 Å². The highest BCUT2D eigenvalue weighted by Crippen LogP contribution is 2.30. The first-order valence-corrected chi connectivity index (χ1v) is 11.3. The smallest absolute Gasteiger partial charge is 0.265 e. The zero-order valence-electron chi connectivity index (χ0n) is 17.9. The van der Waals surface area contributed by atoms with Gasteiger partial charge in [0.15, 0.2) is 0 Å². The van der Waals surface area contributed by atoms with Crippen LogP contribution in [0.4, 0.5) is 8.78 Å². The van der Waals surface area contributed by atoms with Crippen molar-refractivity contribution in [2.45, 2.75) is 46.0 Å². The highest BCUT2D eigenvalue weighted by molar-refractivity contribution is 7.13. The van der Waals surface area contributed by atoms with Crippen LogP contribution in [0.25, 0.3) is 0 Å². The summed E-state index contributed by atoms with van der Waals surface area (Å²) in [6, 6.07) is 7.78. The van der Waals surface area contributed by atoms with Crippen LogP contribution in [-0.2, 0) is 6.42 Å². The van der Waals surface area contributed by atoms with Gasteiger partial charge in [0.1, 0.15) is 16.5 Å². The molecule has 4 rings (SSSR count). The van der Waals surface area contributed by atoms with Gasteiger partial charge in [-0.3, -0.25) is 9.78 Å². The molecule has 162 valence electrons. The Morgan fingerprint density at radius 1 is 1.10 bits per heavy atom. The average molecular weight is 442 g/mol. The summed E-state index contributed by atoms with van der Waals surface area (Å²) in [5, 5.41) is 0.901. The highest BCUT2D eigenvalue weighted by Gasteiger charge is 2.27. The molecule has 0 unspecified atom stereocenters. The largest absolute Gasteiger partial charge is 0.338 e. The van der Waals surface area contributed by atoms with Crippen molar-refractivity contribution >= 4 is 17.2 Å². The molecule has 7 heteroatoms. The van der Waals surface area contributed by atoms with Crippen molar-refractivity contribution in [3.63, 3.8) is 0 Å². The third-order valence-corrected chi connectivity index (χ3v) is 6.83. The Balaban J connectivity index is 1.47.